The molecular weight excluding hydrogens is 270 g/mol. The maximum absolute atomic E-state index is 11.5. The molecule has 1 aromatic rings. The van der Waals surface area contributed by atoms with Crippen molar-refractivity contribution in [3.05, 3.63) is 28.3 Å². The Morgan fingerprint density at radius 2 is 2.33 bits per heavy atom. The Hall–Kier alpha value is -1.82. The molecule has 6 heteroatoms. The smallest absolute Gasteiger partial charge is 0.315 e. The van der Waals surface area contributed by atoms with E-state index in [0.717, 1.165) is 32.4 Å². The van der Waals surface area contributed by atoms with Crippen LogP contribution in [0.4, 0.5) is 17.1 Å². The summed E-state index contributed by atoms with van der Waals surface area (Å²) in [5.41, 5.74) is 1.41. The first-order valence-electron chi connectivity index (χ1n) is 7.54. The molecule has 1 heterocycles. The minimum Gasteiger partial charge on any atom is -0.396 e. The largest absolute Gasteiger partial charge is 0.396 e. The van der Waals surface area contributed by atoms with Crippen molar-refractivity contribution in [3.63, 3.8) is 0 Å². The zero-order valence-electron chi connectivity index (χ0n) is 12.4. The quantitative estimate of drug-likeness (QED) is 0.622. The summed E-state index contributed by atoms with van der Waals surface area (Å²) in [6.45, 7) is 4.36. The molecule has 0 radical (unpaired) electrons. The van der Waals surface area contributed by atoms with E-state index in [1.165, 1.54) is 0 Å². The molecule has 0 aromatic heterocycles. The van der Waals surface area contributed by atoms with Gasteiger partial charge in [-0.25, -0.2) is 0 Å². The molecule has 116 valence electrons. The van der Waals surface area contributed by atoms with Crippen molar-refractivity contribution in [2.24, 2.45) is 5.92 Å². The van der Waals surface area contributed by atoms with E-state index in [4.69, 9.17) is 5.11 Å². The molecule has 6 nitrogen and oxygen atoms in total. The van der Waals surface area contributed by atoms with Crippen LogP contribution in [-0.4, -0.2) is 36.3 Å². The van der Waals surface area contributed by atoms with Gasteiger partial charge in [0.1, 0.15) is 11.4 Å². The molecule has 0 bridgehead atoms. The summed E-state index contributed by atoms with van der Waals surface area (Å²) in [6, 6.07) is 5.43. The maximum atomic E-state index is 11.5. The highest BCUT2D eigenvalue weighted by Gasteiger charge is 2.27. The van der Waals surface area contributed by atoms with Crippen LogP contribution in [0.5, 0.6) is 0 Å². The molecule has 0 spiro atoms. The second kappa shape index (κ2) is 7.26. The number of aliphatic hydroxyl groups is 1. The number of benzene rings is 1. The number of piperidine rings is 1. The first-order chi connectivity index (χ1) is 10.2. The zero-order valence-corrected chi connectivity index (χ0v) is 12.4. The zero-order chi connectivity index (χ0) is 15.2. The lowest BCUT2D eigenvalue weighted by Crippen LogP contribution is -2.36. The molecule has 1 unspecified atom stereocenters. The van der Waals surface area contributed by atoms with E-state index < -0.39 is 0 Å². The van der Waals surface area contributed by atoms with Crippen molar-refractivity contribution >= 4 is 17.1 Å². The van der Waals surface area contributed by atoms with Crippen molar-refractivity contribution in [2.45, 2.75) is 26.2 Å². The SMILES string of the molecule is CCNc1cccc(N2CCCC(CCO)C2)c1[N+](=O)[O-]. The Morgan fingerprint density at radius 3 is 3.00 bits per heavy atom. The van der Waals surface area contributed by atoms with Gasteiger partial charge in [0, 0.05) is 26.2 Å². The molecule has 1 aliphatic heterocycles. The fraction of sp³-hybridized carbons (Fsp3) is 0.600. The molecule has 1 saturated heterocycles. The normalized spacial score (nSPS) is 18.6. The summed E-state index contributed by atoms with van der Waals surface area (Å²) in [6.07, 6.45) is 2.85. The number of aliphatic hydroxyl groups excluding tert-OH is 1. The van der Waals surface area contributed by atoms with Crippen LogP contribution < -0.4 is 10.2 Å². The lowest BCUT2D eigenvalue weighted by molar-refractivity contribution is -0.383. The number of nitrogens with one attached hydrogen (secondary N) is 1. The molecule has 1 aromatic carbocycles. The second-order valence-electron chi connectivity index (χ2n) is 5.43. The van der Waals surface area contributed by atoms with Crippen molar-refractivity contribution < 1.29 is 10.0 Å². The van der Waals surface area contributed by atoms with E-state index in [2.05, 4.69) is 10.2 Å². The second-order valence-corrected chi connectivity index (χ2v) is 5.43. The van der Waals surface area contributed by atoms with Gasteiger partial charge in [-0.2, -0.15) is 0 Å². The number of nitrogens with zero attached hydrogens (tertiary/aromatic N) is 2. The van der Waals surface area contributed by atoms with E-state index in [1.807, 2.05) is 19.1 Å². The lowest BCUT2D eigenvalue weighted by atomic mass is 9.94. The van der Waals surface area contributed by atoms with Gasteiger partial charge in [-0.3, -0.25) is 10.1 Å². The Labute approximate surface area is 124 Å². The van der Waals surface area contributed by atoms with Crippen LogP contribution in [-0.2, 0) is 0 Å². The monoisotopic (exact) mass is 293 g/mol. The highest BCUT2D eigenvalue weighted by molar-refractivity contribution is 5.77. The van der Waals surface area contributed by atoms with Crippen LogP contribution in [0.15, 0.2) is 18.2 Å². The number of nitro groups is 1. The van der Waals surface area contributed by atoms with Gasteiger partial charge in [-0.15, -0.1) is 0 Å². The molecule has 21 heavy (non-hydrogen) atoms. The Kier molecular flexibility index (Phi) is 5.38. The van der Waals surface area contributed by atoms with Crippen LogP contribution in [0.2, 0.25) is 0 Å². The summed E-state index contributed by atoms with van der Waals surface area (Å²) in [4.78, 5) is 13.2. The predicted octanol–water partition coefficient (Wildman–Crippen LogP) is 2.63. The van der Waals surface area contributed by atoms with Gasteiger partial charge < -0.3 is 15.3 Å². The first-order valence-corrected chi connectivity index (χ1v) is 7.54. The number of anilines is 2. The molecule has 0 amide bonds. The van der Waals surface area contributed by atoms with Crippen LogP contribution in [0, 0.1) is 16.0 Å². The molecule has 0 aliphatic carbocycles. The number of rotatable bonds is 6. The molecule has 1 fully saturated rings. The fourth-order valence-electron chi connectivity index (χ4n) is 3.01. The summed E-state index contributed by atoms with van der Waals surface area (Å²) in [5, 5.41) is 23.6. The van der Waals surface area contributed by atoms with E-state index in [1.54, 1.807) is 6.07 Å². The Balaban J connectivity index is 2.29. The Morgan fingerprint density at radius 1 is 1.52 bits per heavy atom. The van der Waals surface area contributed by atoms with Gasteiger partial charge in [0.2, 0.25) is 0 Å². The van der Waals surface area contributed by atoms with E-state index in [9.17, 15) is 10.1 Å². The van der Waals surface area contributed by atoms with Crippen LogP contribution in [0.25, 0.3) is 0 Å². The van der Waals surface area contributed by atoms with Crippen LogP contribution in [0.1, 0.15) is 26.2 Å². The number of hydrogen-bond acceptors (Lipinski definition) is 5. The minimum atomic E-state index is -0.303. The lowest BCUT2D eigenvalue weighted by Gasteiger charge is -2.34. The first kappa shape index (κ1) is 15.6. The highest BCUT2D eigenvalue weighted by atomic mass is 16.6. The third kappa shape index (κ3) is 3.64. The van der Waals surface area contributed by atoms with Gasteiger partial charge in [0.15, 0.2) is 0 Å². The van der Waals surface area contributed by atoms with Crippen molar-refractivity contribution in [2.75, 3.05) is 36.5 Å². The van der Waals surface area contributed by atoms with Gasteiger partial charge in [0.05, 0.1) is 4.92 Å². The fourth-order valence-corrected chi connectivity index (χ4v) is 3.01. The molecule has 2 rings (SSSR count). The van der Waals surface area contributed by atoms with Gasteiger partial charge in [-0.05, 0) is 44.2 Å². The minimum absolute atomic E-state index is 0.156. The average molecular weight is 293 g/mol. The predicted molar refractivity (Wildman–Crippen MR) is 83.9 cm³/mol. The average Bonchev–Trinajstić information content (AvgIpc) is 2.48. The van der Waals surface area contributed by atoms with Gasteiger partial charge in [-0.1, -0.05) is 6.07 Å². The van der Waals surface area contributed by atoms with E-state index in [0.29, 0.717) is 23.8 Å². The summed E-state index contributed by atoms with van der Waals surface area (Å²) >= 11 is 0. The summed E-state index contributed by atoms with van der Waals surface area (Å²) in [5.74, 6) is 0.408. The van der Waals surface area contributed by atoms with Crippen LogP contribution in [0.3, 0.4) is 0 Å². The Bertz CT molecular complexity index is 491. The third-order valence-corrected chi connectivity index (χ3v) is 3.96. The third-order valence-electron chi connectivity index (χ3n) is 3.96. The van der Waals surface area contributed by atoms with Crippen molar-refractivity contribution in [1.82, 2.24) is 0 Å². The highest BCUT2D eigenvalue weighted by Crippen LogP contribution is 2.37. The van der Waals surface area contributed by atoms with Gasteiger partial charge in [0.25, 0.3) is 0 Å². The molecule has 1 aliphatic rings. The standard InChI is InChI=1S/C15H23N3O3/c1-2-16-13-6-3-7-14(15(13)18(20)21)17-9-4-5-12(11-17)8-10-19/h3,6-7,12,16,19H,2,4-5,8-11H2,1H3. The van der Waals surface area contributed by atoms with E-state index >= 15 is 0 Å². The topological polar surface area (TPSA) is 78.6 Å². The van der Waals surface area contributed by atoms with Crippen molar-refractivity contribution in [1.29, 1.82) is 0 Å². The van der Waals surface area contributed by atoms with Gasteiger partial charge >= 0.3 is 5.69 Å². The van der Waals surface area contributed by atoms with E-state index in [-0.39, 0.29) is 17.2 Å². The number of nitro benzene ring substituents is 1. The maximum Gasteiger partial charge on any atom is 0.315 e. The number of hydrogen-bond donors (Lipinski definition) is 2. The summed E-state index contributed by atoms with van der Waals surface area (Å²) in [7, 11) is 0. The molecule has 1 atom stereocenters. The summed E-state index contributed by atoms with van der Waals surface area (Å²) < 4.78 is 0. The number of para-hydroxylation sites is 1. The molecule has 0 saturated carbocycles. The van der Waals surface area contributed by atoms with Crippen LogP contribution >= 0.6 is 0 Å². The molecule has 2 N–H and O–H groups in total. The van der Waals surface area contributed by atoms with Crippen molar-refractivity contribution in [3.8, 4) is 0 Å². The molecular formula is C15H23N3O3.